The molecule has 80 valence electrons. The molecule has 0 bridgehead atoms. The van der Waals surface area contributed by atoms with E-state index in [2.05, 4.69) is 11.3 Å². The molecule has 0 aromatic heterocycles. The minimum atomic E-state index is -3.88. The van der Waals surface area contributed by atoms with E-state index in [9.17, 15) is 12.9 Å². The van der Waals surface area contributed by atoms with Crippen LogP contribution in [0.4, 0.5) is 4.53 Å². The van der Waals surface area contributed by atoms with Gasteiger partial charge in [-0.1, -0.05) is 43.4 Å². The third-order valence-electron chi connectivity index (χ3n) is 1.84. The fraction of sp³-hybridized carbons (Fsp3) is 1.00. The predicted octanol–water partition coefficient (Wildman–Crippen LogP) is 2.58. The molecule has 0 radical (unpaired) electrons. The number of unbranched alkanes of at least 4 members (excludes halogenated alkanes) is 5. The molecular weight excluding hydrogens is 195 g/mol. The molecule has 0 aromatic rings. The Morgan fingerprint density at radius 3 is 2.15 bits per heavy atom. The molecule has 0 unspecified atom stereocenters. The lowest BCUT2D eigenvalue weighted by Crippen LogP contribution is -2.05. The Hall–Kier alpha value is -0.160. The van der Waals surface area contributed by atoms with Gasteiger partial charge in [0.2, 0.25) is 0 Å². The number of rotatable bonds is 8. The molecule has 0 aliphatic heterocycles. The number of halogens is 1. The second-order valence-electron chi connectivity index (χ2n) is 3.09. The third-order valence-corrected chi connectivity index (χ3v) is 2.82. The fourth-order valence-corrected chi connectivity index (χ4v) is 1.71. The molecule has 5 heteroatoms. The summed E-state index contributed by atoms with van der Waals surface area (Å²) in [5, 5.41) is 0. The van der Waals surface area contributed by atoms with Gasteiger partial charge in [0.1, 0.15) is 0 Å². The van der Waals surface area contributed by atoms with E-state index in [1.807, 2.05) is 0 Å². The van der Waals surface area contributed by atoms with Crippen molar-refractivity contribution in [2.24, 2.45) is 0 Å². The summed E-state index contributed by atoms with van der Waals surface area (Å²) in [4.78, 5) is 0. The van der Waals surface area contributed by atoms with Gasteiger partial charge in [-0.3, -0.25) is 0 Å². The highest BCUT2D eigenvalue weighted by molar-refractivity contribution is 7.86. The van der Waals surface area contributed by atoms with E-state index < -0.39 is 10.1 Å². The van der Waals surface area contributed by atoms with Gasteiger partial charge in [-0.25, -0.2) is 0 Å². The maximum Gasteiger partial charge on any atom is 0.297 e. The van der Waals surface area contributed by atoms with Gasteiger partial charge in [-0.15, -0.1) is 0 Å². The van der Waals surface area contributed by atoms with Gasteiger partial charge in [0.15, 0.2) is 0 Å². The lowest BCUT2D eigenvalue weighted by molar-refractivity contribution is 0.00288. The highest BCUT2D eigenvalue weighted by Gasteiger charge is 2.09. The average Bonchev–Trinajstić information content (AvgIpc) is 2.11. The monoisotopic (exact) mass is 212 g/mol. The summed E-state index contributed by atoms with van der Waals surface area (Å²) < 4.78 is 35.1. The van der Waals surface area contributed by atoms with E-state index in [1.165, 1.54) is 6.42 Å². The molecule has 0 aliphatic carbocycles. The molecule has 0 spiro atoms. The molecule has 0 atom stereocenters. The Morgan fingerprint density at radius 1 is 1.08 bits per heavy atom. The Labute approximate surface area is 79.3 Å². The van der Waals surface area contributed by atoms with Gasteiger partial charge < -0.3 is 0 Å². The Balaban J connectivity index is 3.26. The molecule has 0 aliphatic rings. The highest BCUT2D eigenvalue weighted by atomic mass is 32.2. The van der Waals surface area contributed by atoms with Crippen LogP contribution in [0.5, 0.6) is 0 Å². The lowest BCUT2D eigenvalue weighted by Gasteiger charge is -1.99. The zero-order chi connectivity index (χ0) is 10.2. The number of hydrogen-bond acceptors (Lipinski definition) is 3. The summed E-state index contributed by atoms with van der Waals surface area (Å²) in [5.74, 6) is -0.213. The van der Waals surface area contributed by atoms with Crippen molar-refractivity contribution in [1.29, 1.82) is 0 Å². The first-order chi connectivity index (χ1) is 6.12. The van der Waals surface area contributed by atoms with Gasteiger partial charge in [-0.2, -0.15) is 8.42 Å². The van der Waals surface area contributed by atoms with Gasteiger partial charge in [0, 0.05) is 0 Å². The van der Waals surface area contributed by atoms with Gasteiger partial charge in [0.25, 0.3) is 10.1 Å². The maximum atomic E-state index is 11.3. The van der Waals surface area contributed by atoms with Crippen LogP contribution in [0.15, 0.2) is 0 Å². The first kappa shape index (κ1) is 12.8. The summed E-state index contributed by atoms with van der Waals surface area (Å²) in [7, 11) is -3.88. The van der Waals surface area contributed by atoms with Crippen LogP contribution in [0.25, 0.3) is 0 Å². The standard InChI is InChI=1S/C8H17FO3S/c1-2-3-4-5-6-7-8-13(10,11)12-9/h2-8H2,1H3. The van der Waals surface area contributed by atoms with Crippen LogP contribution in [0.1, 0.15) is 45.4 Å². The molecule has 0 rings (SSSR count). The molecule has 3 nitrogen and oxygen atoms in total. The minimum Gasteiger partial charge on any atom is -0.197 e. The van der Waals surface area contributed by atoms with E-state index in [1.54, 1.807) is 0 Å². The summed E-state index contributed by atoms with van der Waals surface area (Å²) in [6, 6.07) is 0. The van der Waals surface area contributed by atoms with Crippen LogP contribution >= 0.6 is 0 Å². The predicted molar refractivity (Wildman–Crippen MR) is 49.4 cm³/mol. The van der Waals surface area contributed by atoms with Crippen LogP contribution < -0.4 is 0 Å². The first-order valence-corrected chi connectivity index (χ1v) is 6.23. The Morgan fingerprint density at radius 2 is 1.62 bits per heavy atom. The molecular formula is C8H17FO3S. The van der Waals surface area contributed by atoms with Crippen molar-refractivity contribution in [1.82, 2.24) is 0 Å². The largest absolute Gasteiger partial charge is 0.297 e. The molecule has 0 amide bonds. The van der Waals surface area contributed by atoms with Crippen molar-refractivity contribution < 1.29 is 17.3 Å². The van der Waals surface area contributed by atoms with E-state index in [4.69, 9.17) is 0 Å². The summed E-state index contributed by atoms with van der Waals surface area (Å²) >= 11 is 0. The maximum absolute atomic E-state index is 11.3. The summed E-state index contributed by atoms with van der Waals surface area (Å²) in [6.07, 6.45) is 5.76. The van der Waals surface area contributed by atoms with Gasteiger partial charge >= 0.3 is 0 Å². The quantitative estimate of drug-likeness (QED) is 0.581. The van der Waals surface area contributed by atoms with Crippen molar-refractivity contribution in [2.45, 2.75) is 45.4 Å². The minimum absolute atomic E-state index is 0.213. The molecule has 13 heavy (non-hydrogen) atoms. The van der Waals surface area contributed by atoms with Gasteiger partial charge in [-0.05, 0) is 10.9 Å². The highest BCUT2D eigenvalue weighted by Crippen LogP contribution is 2.07. The van der Waals surface area contributed by atoms with Crippen molar-refractivity contribution in [2.75, 3.05) is 5.75 Å². The molecule has 0 saturated carbocycles. The molecule has 0 heterocycles. The van der Waals surface area contributed by atoms with Crippen molar-refractivity contribution in [3.05, 3.63) is 0 Å². The van der Waals surface area contributed by atoms with Crippen LogP contribution in [-0.2, 0) is 14.5 Å². The summed E-state index contributed by atoms with van der Waals surface area (Å²) in [6.45, 7) is 2.11. The first-order valence-electron chi connectivity index (χ1n) is 4.65. The van der Waals surface area contributed by atoms with E-state index in [-0.39, 0.29) is 5.75 Å². The van der Waals surface area contributed by atoms with Crippen LogP contribution in [0, 0.1) is 0 Å². The fourth-order valence-electron chi connectivity index (χ4n) is 1.09. The van der Waals surface area contributed by atoms with Crippen molar-refractivity contribution in [3.8, 4) is 0 Å². The van der Waals surface area contributed by atoms with Crippen molar-refractivity contribution in [3.63, 3.8) is 0 Å². The SMILES string of the molecule is CCCCCCCCS(=O)(=O)OF. The normalized spacial score (nSPS) is 11.8. The van der Waals surface area contributed by atoms with E-state index in [0.29, 0.717) is 6.42 Å². The van der Waals surface area contributed by atoms with Crippen LogP contribution in [-0.4, -0.2) is 14.2 Å². The average molecular weight is 212 g/mol. The Kier molecular flexibility index (Phi) is 7.17. The molecule has 0 aromatic carbocycles. The Bertz CT molecular complexity index is 201. The van der Waals surface area contributed by atoms with Crippen molar-refractivity contribution >= 4 is 10.1 Å². The molecule has 0 N–H and O–H groups in total. The molecule has 0 saturated heterocycles. The summed E-state index contributed by atoms with van der Waals surface area (Å²) in [5.41, 5.74) is 0. The zero-order valence-electron chi connectivity index (χ0n) is 7.96. The number of hydrogen-bond donors (Lipinski definition) is 0. The zero-order valence-corrected chi connectivity index (χ0v) is 8.78. The van der Waals surface area contributed by atoms with E-state index >= 15 is 0 Å². The van der Waals surface area contributed by atoms with E-state index in [0.717, 1.165) is 25.7 Å². The van der Waals surface area contributed by atoms with Crippen LogP contribution in [0.2, 0.25) is 0 Å². The smallest absolute Gasteiger partial charge is 0.197 e. The second-order valence-corrected chi connectivity index (χ2v) is 4.74. The second kappa shape index (κ2) is 7.26. The molecule has 0 fully saturated rings. The van der Waals surface area contributed by atoms with Gasteiger partial charge in [0.05, 0.1) is 5.75 Å². The topological polar surface area (TPSA) is 43.4 Å². The lowest BCUT2D eigenvalue weighted by atomic mass is 10.1. The third kappa shape index (κ3) is 8.18. The van der Waals surface area contributed by atoms with Crippen LogP contribution in [0.3, 0.4) is 0 Å².